The molecule has 0 aromatic heterocycles. The van der Waals surface area contributed by atoms with E-state index in [1.807, 2.05) is 36.4 Å². The van der Waals surface area contributed by atoms with Gasteiger partial charge in [0.25, 0.3) is 0 Å². The molecule has 0 fully saturated rings. The van der Waals surface area contributed by atoms with Crippen LogP contribution in [0, 0.1) is 0 Å². The molecule has 0 saturated carbocycles. The van der Waals surface area contributed by atoms with Crippen LogP contribution in [-0.2, 0) is 16.0 Å². The summed E-state index contributed by atoms with van der Waals surface area (Å²) in [4.78, 5) is 32.1. The minimum Gasteiger partial charge on any atom is -0.324 e. The molecule has 0 atom stereocenters. The Hall–Kier alpha value is -3.44. The van der Waals surface area contributed by atoms with Crippen LogP contribution < -0.4 is 10.2 Å². The third-order valence-corrected chi connectivity index (χ3v) is 5.39. The Morgan fingerprint density at radius 1 is 1.06 bits per heavy atom. The predicted molar refractivity (Wildman–Crippen MR) is 126 cm³/mol. The first-order chi connectivity index (χ1) is 15.0. The predicted octanol–water partition coefficient (Wildman–Crippen LogP) is 5.40. The van der Waals surface area contributed by atoms with Crippen LogP contribution in [0.25, 0.3) is 0 Å². The number of rotatable bonds is 5. The molecule has 0 spiro atoms. The highest BCUT2D eigenvalue weighted by Crippen LogP contribution is 2.33. The summed E-state index contributed by atoms with van der Waals surface area (Å²) in [5, 5.41) is 3.33. The Morgan fingerprint density at radius 2 is 1.84 bits per heavy atom. The Labute approximate surface area is 186 Å². The molecule has 0 radical (unpaired) electrons. The molecule has 3 aromatic carbocycles. The van der Waals surface area contributed by atoms with Crippen LogP contribution in [0.5, 0.6) is 0 Å². The number of hydrogen-bond acceptors (Lipinski definition) is 3. The zero-order chi connectivity index (χ0) is 21.8. The molecule has 1 aliphatic heterocycles. The first kappa shape index (κ1) is 20.8. The lowest BCUT2D eigenvalue weighted by molar-refractivity contribution is -0.120. The number of para-hydroxylation sites is 2. The molecule has 6 heteroatoms. The fraction of sp³-hybridized carbons (Fsp3) is 0.160. The third-order valence-electron chi connectivity index (χ3n) is 5.15. The molecular weight excluding hydrogens is 410 g/mol. The summed E-state index contributed by atoms with van der Waals surface area (Å²) in [6, 6.07) is 22.4. The molecule has 2 amide bonds. The Bertz CT molecular complexity index is 1160. The molecule has 1 heterocycles. The number of nitrogens with zero attached hydrogens (tertiary/aromatic N) is 2. The van der Waals surface area contributed by atoms with E-state index >= 15 is 0 Å². The van der Waals surface area contributed by atoms with Gasteiger partial charge in [-0.3, -0.25) is 14.6 Å². The normalized spacial score (nSPS) is 13.3. The molecule has 0 unspecified atom stereocenters. The number of benzene rings is 3. The first-order valence-electron chi connectivity index (χ1n) is 10.1. The van der Waals surface area contributed by atoms with Gasteiger partial charge in [-0.15, -0.1) is 0 Å². The maximum Gasteiger partial charge on any atom is 0.244 e. The number of carbonyl (C=O) groups excluding carboxylic acids is 2. The van der Waals surface area contributed by atoms with Gasteiger partial charge in [0.1, 0.15) is 6.54 Å². The number of amides is 2. The summed E-state index contributed by atoms with van der Waals surface area (Å²) in [5.41, 5.74) is 4.70. The van der Waals surface area contributed by atoms with Crippen molar-refractivity contribution in [2.24, 2.45) is 4.99 Å². The zero-order valence-corrected chi connectivity index (χ0v) is 17.9. The number of hydrogen-bond donors (Lipinski definition) is 1. The van der Waals surface area contributed by atoms with E-state index in [4.69, 9.17) is 16.6 Å². The van der Waals surface area contributed by atoms with Gasteiger partial charge in [-0.05, 0) is 47.9 Å². The van der Waals surface area contributed by atoms with E-state index in [0.717, 1.165) is 12.0 Å². The minimum absolute atomic E-state index is 0.111. The van der Waals surface area contributed by atoms with Gasteiger partial charge in [-0.2, -0.15) is 0 Å². The smallest absolute Gasteiger partial charge is 0.244 e. The average molecular weight is 432 g/mol. The highest BCUT2D eigenvalue weighted by Gasteiger charge is 2.26. The molecule has 5 nitrogen and oxygen atoms in total. The zero-order valence-electron chi connectivity index (χ0n) is 17.1. The largest absolute Gasteiger partial charge is 0.324 e. The van der Waals surface area contributed by atoms with E-state index in [1.165, 1.54) is 10.5 Å². The van der Waals surface area contributed by atoms with Crippen LogP contribution in [0.4, 0.5) is 17.1 Å². The second-order valence-electron chi connectivity index (χ2n) is 7.31. The fourth-order valence-electron chi connectivity index (χ4n) is 3.53. The highest BCUT2D eigenvalue weighted by molar-refractivity contribution is 6.31. The SMILES string of the molecule is CCc1ccc(C2=Nc3ccccc3N(CC(=O)Nc3cccc(Cl)c3)C(=O)C2)cc1. The van der Waals surface area contributed by atoms with Crippen molar-refractivity contribution >= 4 is 46.2 Å². The van der Waals surface area contributed by atoms with Gasteiger partial charge in [-0.25, -0.2) is 0 Å². The van der Waals surface area contributed by atoms with E-state index in [2.05, 4.69) is 24.4 Å². The number of fused-ring (bicyclic) bond motifs is 1. The Morgan fingerprint density at radius 3 is 2.58 bits per heavy atom. The number of halogens is 1. The van der Waals surface area contributed by atoms with Crippen LogP contribution >= 0.6 is 11.6 Å². The second kappa shape index (κ2) is 9.14. The summed E-state index contributed by atoms with van der Waals surface area (Å²) < 4.78 is 0. The monoisotopic (exact) mass is 431 g/mol. The quantitative estimate of drug-likeness (QED) is 0.588. The fourth-order valence-corrected chi connectivity index (χ4v) is 3.72. The number of nitrogens with one attached hydrogen (secondary N) is 1. The summed E-state index contributed by atoms with van der Waals surface area (Å²) in [7, 11) is 0. The molecule has 31 heavy (non-hydrogen) atoms. The Balaban J connectivity index is 1.60. The highest BCUT2D eigenvalue weighted by atomic mass is 35.5. The van der Waals surface area contributed by atoms with Gasteiger partial charge in [0.05, 0.1) is 23.5 Å². The van der Waals surface area contributed by atoms with Gasteiger partial charge in [0, 0.05) is 10.7 Å². The van der Waals surface area contributed by atoms with Crippen LogP contribution in [-0.4, -0.2) is 24.1 Å². The topological polar surface area (TPSA) is 61.8 Å². The molecular formula is C25H22ClN3O2. The summed E-state index contributed by atoms with van der Waals surface area (Å²) in [5.74, 6) is -0.481. The van der Waals surface area contributed by atoms with Gasteiger partial charge < -0.3 is 10.2 Å². The van der Waals surface area contributed by atoms with Crippen LogP contribution in [0.1, 0.15) is 24.5 Å². The van der Waals surface area contributed by atoms with Crippen molar-refractivity contribution < 1.29 is 9.59 Å². The van der Waals surface area contributed by atoms with Crippen LogP contribution in [0.2, 0.25) is 5.02 Å². The van der Waals surface area contributed by atoms with Crippen molar-refractivity contribution in [2.75, 3.05) is 16.8 Å². The van der Waals surface area contributed by atoms with Gasteiger partial charge in [-0.1, -0.05) is 61.0 Å². The lowest BCUT2D eigenvalue weighted by atomic mass is 10.0. The number of carbonyl (C=O) groups is 2. The van der Waals surface area contributed by atoms with Gasteiger partial charge in [0.2, 0.25) is 11.8 Å². The van der Waals surface area contributed by atoms with E-state index in [0.29, 0.717) is 27.8 Å². The maximum absolute atomic E-state index is 13.2. The molecule has 0 saturated heterocycles. The Kier molecular flexibility index (Phi) is 6.14. The maximum atomic E-state index is 13.2. The molecule has 1 N–H and O–H groups in total. The summed E-state index contributed by atoms with van der Waals surface area (Å²) >= 11 is 5.99. The molecule has 3 aromatic rings. The molecule has 0 bridgehead atoms. The van der Waals surface area contributed by atoms with Crippen molar-refractivity contribution in [3.05, 3.63) is 88.9 Å². The third kappa shape index (κ3) is 4.84. The summed E-state index contributed by atoms with van der Waals surface area (Å²) in [6.45, 7) is 1.99. The lowest BCUT2D eigenvalue weighted by Gasteiger charge is -2.22. The van der Waals surface area contributed by atoms with E-state index in [-0.39, 0.29) is 24.8 Å². The number of aliphatic imine (C=N–C) groups is 1. The van der Waals surface area contributed by atoms with Crippen molar-refractivity contribution in [1.82, 2.24) is 0 Å². The van der Waals surface area contributed by atoms with E-state index < -0.39 is 0 Å². The minimum atomic E-state index is -0.304. The van der Waals surface area contributed by atoms with Crippen LogP contribution in [0.15, 0.2) is 77.8 Å². The molecule has 156 valence electrons. The summed E-state index contributed by atoms with van der Waals surface area (Å²) in [6.07, 6.45) is 1.06. The van der Waals surface area contributed by atoms with Gasteiger partial charge >= 0.3 is 0 Å². The average Bonchev–Trinajstić information content (AvgIpc) is 2.90. The van der Waals surface area contributed by atoms with Crippen LogP contribution in [0.3, 0.4) is 0 Å². The van der Waals surface area contributed by atoms with Gasteiger partial charge in [0.15, 0.2) is 0 Å². The second-order valence-corrected chi connectivity index (χ2v) is 7.75. The molecule has 0 aliphatic carbocycles. The van der Waals surface area contributed by atoms with Crippen molar-refractivity contribution in [2.45, 2.75) is 19.8 Å². The number of aryl methyl sites for hydroxylation is 1. The standard InChI is InChI=1S/C25H22ClN3O2/c1-2-17-10-12-18(13-11-17)22-15-25(31)29(23-9-4-3-8-21(23)28-22)16-24(30)27-20-7-5-6-19(26)14-20/h3-14H,2,15-16H2,1H3,(H,27,30). The van der Waals surface area contributed by atoms with Crippen molar-refractivity contribution in [1.29, 1.82) is 0 Å². The lowest BCUT2D eigenvalue weighted by Crippen LogP contribution is -2.38. The van der Waals surface area contributed by atoms with Crippen molar-refractivity contribution in [3.8, 4) is 0 Å². The van der Waals surface area contributed by atoms with E-state index in [1.54, 1.807) is 24.3 Å². The first-order valence-corrected chi connectivity index (χ1v) is 10.5. The molecule has 4 rings (SSSR count). The van der Waals surface area contributed by atoms with Crippen molar-refractivity contribution in [3.63, 3.8) is 0 Å². The van der Waals surface area contributed by atoms with E-state index in [9.17, 15) is 9.59 Å². The number of anilines is 2. The molecule has 1 aliphatic rings.